The summed E-state index contributed by atoms with van der Waals surface area (Å²) in [6.07, 6.45) is 2.23. The molecule has 1 atom stereocenters. The molecule has 6 heteroatoms. The van der Waals surface area contributed by atoms with Crippen LogP contribution in [-0.2, 0) is 16.0 Å². The number of carbonyl (C=O) groups excluding carboxylic acids is 1. The predicted octanol–water partition coefficient (Wildman–Crippen LogP) is 2.10. The summed E-state index contributed by atoms with van der Waals surface area (Å²) in [5.74, 6) is 0.0170. The van der Waals surface area contributed by atoms with Crippen LogP contribution in [0.3, 0.4) is 0 Å². The van der Waals surface area contributed by atoms with Gasteiger partial charge < -0.3 is 15.3 Å². The topological polar surface area (TPSA) is 96.2 Å². The lowest BCUT2D eigenvalue weighted by Crippen LogP contribution is -2.18. The van der Waals surface area contributed by atoms with Gasteiger partial charge in [0.2, 0.25) is 0 Å². The van der Waals surface area contributed by atoms with Gasteiger partial charge in [0.15, 0.2) is 0 Å². The average Bonchev–Trinajstić information content (AvgIpc) is 2.46. The Morgan fingerprint density at radius 3 is 2.95 bits per heavy atom. The summed E-state index contributed by atoms with van der Waals surface area (Å²) in [6.45, 7) is 1.73. The van der Waals surface area contributed by atoms with Crippen LogP contribution in [0.25, 0.3) is 10.9 Å². The average molecular weight is 287 g/mol. The highest BCUT2D eigenvalue weighted by Gasteiger charge is 2.16. The molecule has 0 saturated heterocycles. The van der Waals surface area contributed by atoms with E-state index in [1.54, 1.807) is 31.3 Å². The minimum atomic E-state index is -0.347. The normalized spacial score (nSPS) is 12.1. The molecule has 2 rings (SSSR count). The highest BCUT2D eigenvalue weighted by Crippen LogP contribution is 2.17. The molecule has 1 heterocycles. The standard InChI is InChI=1S/C15H17N3O3/c1-9(15(20)21-2)5-11(16)7-14-17-8-10-6-12(19)3-4-13(10)18-14/h3-4,6,8-9,16,19H,5,7H2,1-2H3/t9-/m1/s1. The lowest BCUT2D eigenvalue weighted by atomic mass is 10.0. The minimum Gasteiger partial charge on any atom is -0.508 e. The fourth-order valence-corrected chi connectivity index (χ4v) is 2.06. The van der Waals surface area contributed by atoms with E-state index in [0.29, 0.717) is 23.5 Å². The molecule has 0 bridgehead atoms. The minimum absolute atomic E-state index is 0.165. The number of phenolic OH excluding ortho intramolecular Hbond substituents is 1. The van der Waals surface area contributed by atoms with E-state index in [1.165, 1.54) is 7.11 Å². The Kier molecular flexibility index (Phi) is 4.47. The van der Waals surface area contributed by atoms with Gasteiger partial charge in [-0.05, 0) is 24.6 Å². The maximum Gasteiger partial charge on any atom is 0.308 e. The van der Waals surface area contributed by atoms with Crippen molar-refractivity contribution in [2.75, 3.05) is 7.11 Å². The third-order valence-electron chi connectivity index (χ3n) is 3.14. The first-order valence-electron chi connectivity index (χ1n) is 6.58. The molecule has 0 fully saturated rings. The van der Waals surface area contributed by atoms with E-state index in [4.69, 9.17) is 5.41 Å². The number of phenols is 1. The Balaban J connectivity index is 2.07. The Morgan fingerprint density at radius 1 is 1.48 bits per heavy atom. The van der Waals surface area contributed by atoms with Crippen LogP contribution in [0, 0.1) is 11.3 Å². The highest BCUT2D eigenvalue weighted by molar-refractivity contribution is 5.87. The van der Waals surface area contributed by atoms with Gasteiger partial charge in [-0.1, -0.05) is 6.92 Å². The molecule has 0 radical (unpaired) electrons. The zero-order valence-corrected chi connectivity index (χ0v) is 12.0. The molecule has 0 spiro atoms. The van der Waals surface area contributed by atoms with Crippen molar-refractivity contribution in [2.45, 2.75) is 19.8 Å². The summed E-state index contributed by atoms with van der Waals surface area (Å²) in [5.41, 5.74) is 1.10. The van der Waals surface area contributed by atoms with Crippen LogP contribution in [-0.4, -0.2) is 33.9 Å². The van der Waals surface area contributed by atoms with E-state index >= 15 is 0 Å². The third kappa shape index (κ3) is 3.75. The first kappa shape index (κ1) is 14.9. The zero-order valence-electron chi connectivity index (χ0n) is 12.0. The van der Waals surface area contributed by atoms with Crippen LogP contribution in [0.5, 0.6) is 5.75 Å². The van der Waals surface area contributed by atoms with Gasteiger partial charge in [0.25, 0.3) is 0 Å². The molecular formula is C15H17N3O3. The van der Waals surface area contributed by atoms with E-state index in [-0.39, 0.29) is 24.1 Å². The van der Waals surface area contributed by atoms with Gasteiger partial charge in [-0.2, -0.15) is 0 Å². The molecular weight excluding hydrogens is 270 g/mol. The number of esters is 1. The second kappa shape index (κ2) is 6.30. The summed E-state index contributed by atoms with van der Waals surface area (Å²) < 4.78 is 4.64. The predicted molar refractivity (Wildman–Crippen MR) is 78.4 cm³/mol. The van der Waals surface area contributed by atoms with Crippen LogP contribution < -0.4 is 0 Å². The summed E-state index contributed by atoms with van der Waals surface area (Å²) in [4.78, 5) is 19.9. The monoisotopic (exact) mass is 287 g/mol. The Hall–Kier alpha value is -2.50. The fourth-order valence-electron chi connectivity index (χ4n) is 2.06. The third-order valence-corrected chi connectivity index (χ3v) is 3.14. The molecule has 110 valence electrons. The Morgan fingerprint density at radius 2 is 2.24 bits per heavy atom. The van der Waals surface area contributed by atoms with Gasteiger partial charge in [0, 0.05) is 23.7 Å². The molecule has 0 unspecified atom stereocenters. The molecule has 0 aliphatic rings. The molecule has 21 heavy (non-hydrogen) atoms. The number of rotatable bonds is 5. The summed E-state index contributed by atoms with van der Waals surface area (Å²) in [7, 11) is 1.34. The number of hydrogen-bond acceptors (Lipinski definition) is 6. The van der Waals surface area contributed by atoms with E-state index in [9.17, 15) is 9.90 Å². The van der Waals surface area contributed by atoms with E-state index < -0.39 is 0 Å². The van der Waals surface area contributed by atoms with Gasteiger partial charge in [-0.15, -0.1) is 0 Å². The maximum absolute atomic E-state index is 11.3. The van der Waals surface area contributed by atoms with Gasteiger partial charge in [0.05, 0.1) is 18.5 Å². The first-order valence-corrected chi connectivity index (χ1v) is 6.58. The first-order chi connectivity index (χ1) is 9.99. The summed E-state index contributed by atoms with van der Waals surface area (Å²) in [5, 5.41) is 18.1. The van der Waals surface area contributed by atoms with E-state index in [0.717, 1.165) is 5.39 Å². The van der Waals surface area contributed by atoms with Crippen LogP contribution in [0.15, 0.2) is 24.4 Å². The molecule has 0 saturated carbocycles. The summed E-state index contributed by atoms with van der Waals surface area (Å²) in [6, 6.07) is 4.85. The molecule has 2 aromatic rings. The molecule has 0 amide bonds. The van der Waals surface area contributed by atoms with Crippen molar-refractivity contribution in [3.05, 3.63) is 30.2 Å². The van der Waals surface area contributed by atoms with Gasteiger partial charge in [-0.25, -0.2) is 9.97 Å². The molecule has 0 aliphatic carbocycles. The lowest BCUT2D eigenvalue weighted by Gasteiger charge is -2.09. The number of benzene rings is 1. The number of nitrogens with zero attached hydrogens (tertiary/aromatic N) is 2. The van der Waals surface area contributed by atoms with Crippen molar-refractivity contribution in [3.8, 4) is 5.75 Å². The van der Waals surface area contributed by atoms with Crippen LogP contribution in [0.2, 0.25) is 0 Å². The quantitative estimate of drug-likeness (QED) is 0.648. The SMILES string of the molecule is COC(=O)[C@H](C)CC(=N)Cc1ncc2cc(O)ccc2n1. The molecule has 6 nitrogen and oxygen atoms in total. The van der Waals surface area contributed by atoms with Crippen molar-refractivity contribution >= 4 is 22.6 Å². The fraction of sp³-hybridized carbons (Fsp3) is 0.333. The van der Waals surface area contributed by atoms with Crippen molar-refractivity contribution in [1.29, 1.82) is 5.41 Å². The second-order valence-electron chi connectivity index (χ2n) is 4.94. The molecule has 0 aliphatic heterocycles. The Labute approximate surface area is 122 Å². The number of aromatic hydroxyl groups is 1. The molecule has 1 aromatic heterocycles. The van der Waals surface area contributed by atoms with E-state index in [2.05, 4.69) is 14.7 Å². The smallest absolute Gasteiger partial charge is 0.308 e. The van der Waals surface area contributed by atoms with Crippen LogP contribution in [0.4, 0.5) is 0 Å². The number of methoxy groups -OCH3 is 1. The number of nitrogens with one attached hydrogen (secondary N) is 1. The number of hydrogen-bond donors (Lipinski definition) is 2. The van der Waals surface area contributed by atoms with E-state index in [1.807, 2.05) is 0 Å². The second-order valence-corrected chi connectivity index (χ2v) is 4.94. The zero-order chi connectivity index (χ0) is 15.4. The van der Waals surface area contributed by atoms with Crippen molar-refractivity contribution in [1.82, 2.24) is 9.97 Å². The van der Waals surface area contributed by atoms with Crippen molar-refractivity contribution in [3.63, 3.8) is 0 Å². The highest BCUT2D eigenvalue weighted by atomic mass is 16.5. The largest absolute Gasteiger partial charge is 0.508 e. The maximum atomic E-state index is 11.3. The van der Waals surface area contributed by atoms with Gasteiger partial charge >= 0.3 is 5.97 Å². The summed E-state index contributed by atoms with van der Waals surface area (Å²) >= 11 is 0. The van der Waals surface area contributed by atoms with Crippen LogP contribution in [0.1, 0.15) is 19.2 Å². The molecule has 2 N–H and O–H groups in total. The number of carbonyl (C=O) groups is 1. The lowest BCUT2D eigenvalue weighted by molar-refractivity contribution is -0.144. The Bertz CT molecular complexity index is 685. The molecule has 1 aromatic carbocycles. The van der Waals surface area contributed by atoms with Crippen molar-refractivity contribution in [2.24, 2.45) is 5.92 Å². The van der Waals surface area contributed by atoms with Crippen LogP contribution >= 0.6 is 0 Å². The van der Waals surface area contributed by atoms with Gasteiger partial charge in [0.1, 0.15) is 11.6 Å². The number of fused-ring (bicyclic) bond motifs is 1. The number of aromatic nitrogens is 2. The van der Waals surface area contributed by atoms with Crippen molar-refractivity contribution < 1.29 is 14.6 Å². The van der Waals surface area contributed by atoms with Gasteiger partial charge in [-0.3, -0.25) is 4.79 Å². The number of ether oxygens (including phenoxy) is 1.